The number of carbonyl (C=O) groups excluding carboxylic acids is 2. The third-order valence-electron chi connectivity index (χ3n) is 4.82. The minimum Gasteiger partial charge on any atom is -0.492 e. The molecule has 6 heteroatoms. The fraction of sp³-hybridized carbons (Fsp3) is 0.579. The maximum Gasteiger partial charge on any atom is 0.313 e. The normalized spacial score (nSPS) is 25.7. The van der Waals surface area contributed by atoms with Gasteiger partial charge in [0.25, 0.3) is 5.91 Å². The van der Waals surface area contributed by atoms with Crippen LogP contribution in [0.5, 0.6) is 5.75 Å². The van der Waals surface area contributed by atoms with Crippen molar-refractivity contribution in [3.05, 3.63) is 28.8 Å². The Bertz CT molecular complexity index is 653. The molecular weight excluding hydrogens is 342 g/mol. The molecule has 1 aromatic rings. The van der Waals surface area contributed by atoms with Crippen molar-refractivity contribution in [3.8, 4) is 5.75 Å². The largest absolute Gasteiger partial charge is 0.492 e. The van der Waals surface area contributed by atoms with Crippen LogP contribution >= 0.6 is 11.6 Å². The number of benzene rings is 1. The molecule has 0 bridgehead atoms. The van der Waals surface area contributed by atoms with E-state index in [0.29, 0.717) is 23.3 Å². The van der Waals surface area contributed by atoms with Crippen molar-refractivity contribution in [3.63, 3.8) is 0 Å². The highest BCUT2D eigenvalue weighted by Crippen LogP contribution is 2.30. The first kappa shape index (κ1) is 18.1. The van der Waals surface area contributed by atoms with E-state index in [4.69, 9.17) is 21.1 Å². The van der Waals surface area contributed by atoms with Gasteiger partial charge in [0, 0.05) is 18.1 Å². The summed E-state index contributed by atoms with van der Waals surface area (Å²) in [5.74, 6) is 0.801. The number of halogens is 1. The monoisotopic (exact) mass is 365 g/mol. The van der Waals surface area contributed by atoms with E-state index in [1.165, 1.54) is 0 Å². The van der Waals surface area contributed by atoms with Crippen LogP contribution in [0.2, 0.25) is 5.02 Å². The number of nitrogens with zero attached hydrogens (tertiary/aromatic N) is 1. The van der Waals surface area contributed by atoms with Gasteiger partial charge < -0.3 is 14.4 Å². The maximum absolute atomic E-state index is 12.3. The Morgan fingerprint density at radius 2 is 2.00 bits per heavy atom. The standard InChI is InChI=1S/C19H24ClNO4/c1-12-5-13(2)9-21(8-12)18(22)11-25-19(23)15-6-14-7-16(20)3-4-17(14)24-10-15/h3-4,7,12-13,15H,5-6,8-11H2,1-2H3/t12-,13+,15-/m1/s1. The zero-order valence-corrected chi connectivity index (χ0v) is 15.4. The van der Waals surface area contributed by atoms with Gasteiger partial charge in [-0.3, -0.25) is 9.59 Å². The summed E-state index contributed by atoms with van der Waals surface area (Å²) in [6.07, 6.45) is 1.64. The van der Waals surface area contributed by atoms with Gasteiger partial charge in [-0.1, -0.05) is 25.4 Å². The first-order valence-corrected chi connectivity index (χ1v) is 9.15. The minimum atomic E-state index is -0.405. The van der Waals surface area contributed by atoms with Crippen molar-refractivity contribution < 1.29 is 19.1 Å². The van der Waals surface area contributed by atoms with Gasteiger partial charge in [-0.25, -0.2) is 0 Å². The molecule has 25 heavy (non-hydrogen) atoms. The van der Waals surface area contributed by atoms with Crippen LogP contribution in [0, 0.1) is 17.8 Å². The van der Waals surface area contributed by atoms with Crippen LogP contribution in [0.25, 0.3) is 0 Å². The Kier molecular flexibility index (Phi) is 5.52. The molecule has 2 aliphatic rings. The number of esters is 1. The second kappa shape index (κ2) is 7.65. The molecule has 0 radical (unpaired) electrons. The van der Waals surface area contributed by atoms with E-state index in [0.717, 1.165) is 30.8 Å². The summed E-state index contributed by atoms with van der Waals surface area (Å²) in [5, 5.41) is 0.611. The number of piperidine rings is 1. The number of ether oxygens (including phenoxy) is 2. The van der Waals surface area contributed by atoms with Crippen molar-refractivity contribution in [2.45, 2.75) is 26.7 Å². The number of hydrogen-bond acceptors (Lipinski definition) is 4. The Balaban J connectivity index is 1.52. The molecule has 0 aromatic heterocycles. The number of amides is 1. The fourth-order valence-electron chi connectivity index (χ4n) is 3.72. The Hall–Kier alpha value is -1.75. The molecule has 0 unspecified atom stereocenters. The molecular formula is C19H24ClNO4. The zero-order chi connectivity index (χ0) is 18.0. The molecule has 1 fully saturated rings. The van der Waals surface area contributed by atoms with Crippen molar-refractivity contribution in [1.29, 1.82) is 0 Å². The number of carbonyl (C=O) groups is 2. The van der Waals surface area contributed by atoms with Crippen molar-refractivity contribution in [1.82, 2.24) is 4.90 Å². The molecule has 1 amide bonds. The third-order valence-corrected chi connectivity index (χ3v) is 5.06. The van der Waals surface area contributed by atoms with E-state index in [1.807, 2.05) is 0 Å². The Morgan fingerprint density at radius 3 is 2.72 bits per heavy atom. The molecule has 1 saturated heterocycles. The minimum absolute atomic E-state index is 0.119. The van der Waals surface area contributed by atoms with E-state index in [1.54, 1.807) is 23.1 Å². The molecule has 0 aliphatic carbocycles. The van der Waals surface area contributed by atoms with Crippen LogP contribution in [-0.2, 0) is 20.7 Å². The topological polar surface area (TPSA) is 55.8 Å². The quantitative estimate of drug-likeness (QED) is 0.773. The van der Waals surface area contributed by atoms with E-state index >= 15 is 0 Å². The van der Waals surface area contributed by atoms with Gasteiger partial charge in [-0.15, -0.1) is 0 Å². The van der Waals surface area contributed by atoms with E-state index in [2.05, 4.69) is 13.8 Å². The number of likely N-dealkylation sites (tertiary alicyclic amines) is 1. The first-order valence-electron chi connectivity index (χ1n) is 8.78. The molecule has 3 rings (SSSR count). The molecule has 1 aromatic carbocycles. The van der Waals surface area contributed by atoms with Gasteiger partial charge in [0.05, 0.1) is 5.92 Å². The molecule has 2 heterocycles. The second-order valence-electron chi connectivity index (χ2n) is 7.32. The molecule has 2 aliphatic heterocycles. The molecule has 0 saturated carbocycles. The van der Waals surface area contributed by atoms with E-state index in [-0.39, 0.29) is 19.1 Å². The van der Waals surface area contributed by atoms with Crippen molar-refractivity contribution in [2.24, 2.45) is 17.8 Å². The highest BCUT2D eigenvalue weighted by molar-refractivity contribution is 6.30. The lowest BCUT2D eigenvalue weighted by Gasteiger charge is -2.35. The average Bonchev–Trinajstić information content (AvgIpc) is 2.57. The maximum atomic E-state index is 12.3. The predicted octanol–water partition coefficient (Wildman–Crippen LogP) is 2.94. The first-order chi connectivity index (χ1) is 11.9. The lowest BCUT2D eigenvalue weighted by Crippen LogP contribution is -2.44. The summed E-state index contributed by atoms with van der Waals surface area (Å²) in [4.78, 5) is 26.4. The van der Waals surface area contributed by atoms with Gasteiger partial charge >= 0.3 is 5.97 Å². The fourth-order valence-corrected chi connectivity index (χ4v) is 3.92. The van der Waals surface area contributed by atoms with Crippen LogP contribution in [0.4, 0.5) is 0 Å². The van der Waals surface area contributed by atoms with Gasteiger partial charge in [0.15, 0.2) is 6.61 Å². The summed E-state index contributed by atoms with van der Waals surface area (Å²) in [7, 11) is 0. The average molecular weight is 366 g/mol. The lowest BCUT2D eigenvalue weighted by molar-refractivity contribution is -0.157. The highest BCUT2D eigenvalue weighted by atomic mass is 35.5. The highest BCUT2D eigenvalue weighted by Gasteiger charge is 2.30. The van der Waals surface area contributed by atoms with Gasteiger partial charge in [-0.2, -0.15) is 0 Å². The molecule has 0 spiro atoms. The van der Waals surface area contributed by atoms with Crippen LogP contribution < -0.4 is 4.74 Å². The Labute approximate surface area is 153 Å². The lowest BCUT2D eigenvalue weighted by atomic mass is 9.92. The number of rotatable bonds is 3. The number of hydrogen-bond donors (Lipinski definition) is 0. The van der Waals surface area contributed by atoms with Crippen LogP contribution in [0.3, 0.4) is 0 Å². The summed E-state index contributed by atoms with van der Waals surface area (Å²) in [6.45, 7) is 5.82. The SMILES string of the molecule is C[C@@H]1C[C@H](C)CN(C(=O)COC(=O)[C@H]2COc3ccc(Cl)cc3C2)C1. The second-order valence-corrected chi connectivity index (χ2v) is 7.75. The summed E-state index contributed by atoms with van der Waals surface area (Å²) >= 11 is 5.99. The van der Waals surface area contributed by atoms with E-state index < -0.39 is 11.9 Å². The summed E-state index contributed by atoms with van der Waals surface area (Å²) in [6, 6.07) is 5.37. The predicted molar refractivity (Wildman–Crippen MR) is 94.6 cm³/mol. The molecule has 136 valence electrons. The zero-order valence-electron chi connectivity index (χ0n) is 14.7. The van der Waals surface area contributed by atoms with Crippen LogP contribution in [-0.4, -0.2) is 43.1 Å². The Morgan fingerprint density at radius 1 is 1.28 bits per heavy atom. The summed E-state index contributed by atoms with van der Waals surface area (Å²) < 4.78 is 10.9. The summed E-state index contributed by atoms with van der Waals surface area (Å²) in [5.41, 5.74) is 0.894. The smallest absolute Gasteiger partial charge is 0.313 e. The van der Waals surface area contributed by atoms with Crippen LogP contribution in [0.1, 0.15) is 25.8 Å². The molecule has 3 atom stereocenters. The van der Waals surface area contributed by atoms with E-state index in [9.17, 15) is 9.59 Å². The van der Waals surface area contributed by atoms with Crippen molar-refractivity contribution >= 4 is 23.5 Å². The number of fused-ring (bicyclic) bond motifs is 1. The van der Waals surface area contributed by atoms with Gasteiger partial charge in [-0.05, 0) is 48.4 Å². The molecule has 5 nitrogen and oxygen atoms in total. The van der Waals surface area contributed by atoms with Gasteiger partial charge in [0.1, 0.15) is 12.4 Å². The molecule has 0 N–H and O–H groups in total. The third kappa shape index (κ3) is 4.46. The van der Waals surface area contributed by atoms with Crippen molar-refractivity contribution in [2.75, 3.05) is 26.3 Å². The van der Waals surface area contributed by atoms with Gasteiger partial charge in [0.2, 0.25) is 0 Å². The van der Waals surface area contributed by atoms with Crippen LogP contribution in [0.15, 0.2) is 18.2 Å².